The van der Waals surface area contributed by atoms with Crippen molar-refractivity contribution in [3.05, 3.63) is 53.8 Å². The van der Waals surface area contributed by atoms with E-state index in [1.807, 2.05) is 28.8 Å². The van der Waals surface area contributed by atoms with Gasteiger partial charge in [-0.3, -0.25) is 0 Å². The van der Waals surface area contributed by atoms with Gasteiger partial charge >= 0.3 is 0 Å². The van der Waals surface area contributed by atoms with Crippen molar-refractivity contribution in [1.82, 2.24) is 9.55 Å². The number of fused-ring (bicyclic) bond motifs is 1. The zero-order chi connectivity index (χ0) is 14.1. The summed E-state index contributed by atoms with van der Waals surface area (Å²) in [4.78, 5) is 4.19. The van der Waals surface area contributed by atoms with Crippen molar-refractivity contribution in [2.45, 2.75) is 6.54 Å². The van der Waals surface area contributed by atoms with E-state index in [0.29, 0.717) is 18.0 Å². The molecule has 1 heterocycles. The maximum atomic E-state index is 13.2. The molecule has 4 nitrogen and oxygen atoms in total. The highest BCUT2D eigenvalue weighted by Crippen LogP contribution is 2.24. The Bertz CT molecular complexity index is 767. The maximum absolute atomic E-state index is 13.2. The molecule has 102 valence electrons. The molecule has 0 unspecified atom stereocenters. The minimum Gasteiger partial charge on any atom is -0.496 e. The highest BCUT2D eigenvalue weighted by atomic mass is 19.1. The average molecular weight is 271 g/mol. The van der Waals surface area contributed by atoms with Gasteiger partial charge in [0.05, 0.1) is 24.7 Å². The summed E-state index contributed by atoms with van der Waals surface area (Å²) in [6, 6.07) is 12.2. The number of rotatable bonds is 3. The van der Waals surface area contributed by atoms with Gasteiger partial charge in [-0.2, -0.15) is 0 Å². The van der Waals surface area contributed by atoms with Crippen molar-refractivity contribution in [1.29, 1.82) is 0 Å². The Morgan fingerprint density at radius 2 is 2.05 bits per heavy atom. The van der Waals surface area contributed by atoms with Gasteiger partial charge in [-0.25, -0.2) is 9.37 Å². The highest BCUT2D eigenvalue weighted by Gasteiger charge is 2.11. The minimum absolute atomic E-state index is 0.320. The Morgan fingerprint density at radius 1 is 1.25 bits per heavy atom. The fourth-order valence-corrected chi connectivity index (χ4v) is 2.29. The van der Waals surface area contributed by atoms with Crippen LogP contribution in [0.3, 0.4) is 0 Å². The van der Waals surface area contributed by atoms with Crippen LogP contribution in [0, 0.1) is 5.82 Å². The predicted octanol–water partition coefficient (Wildman–Crippen LogP) is 2.81. The van der Waals surface area contributed by atoms with Crippen molar-refractivity contribution in [2.75, 3.05) is 12.8 Å². The molecule has 0 aliphatic carbocycles. The quantitative estimate of drug-likeness (QED) is 0.797. The van der Waals surface area contributed by atoms with Crippen LogP contribution < -0.4 is 10.5 Å². The number of hydrogen-bond acceptors (Lipinski definition) is 3. The summed E-state index contributed by atoms with van der Waals surface area (Å²) in [5.74, 6) is 0.826. The topological polar surface area (TPSA) is 53.1 Å². The third kappa shape index (κ3) is 2.07. The van der Waals surface area contributed by atoms with E-state index in [1.165, 1.54) is 12.1 Å². The van der Waals surface area contributed by atoms with Crippen LogP contribution >= 0.6 is 0 Å². The second kappa shape index (κ2) is 4.85. The predicted molar refractivity (Wildman–Crippen MR) is 76.2 cm³/mol. The van der Waals surface area contributed by atoms with Crippen LogP contribution in [0.4, 0.5) is 10.3 Å². The van der Waals surface area contributed by atoms with Crippen LogP contribution in [0.25, 0.3) is 11.0 Å². The SMILES string of the molecule is COc1ccccc1Cn1c(N)nc2cc(F)ccc21. The second-order valence-electron chi connectivity index (χ2n) is 4.50. The molecule has 5 heteroatoms. The summed E-state index contributed by atoms with van der Waals surface area (Å²) in [5.41, 5.74) is 8.28. The zero-order valence-corrected chi connectivity index (χ0v) is 11.0. The number of nitrogens with two attached hydrogens (primary N) is 1. The lowest BCUT2D eigenvalue weighted by molar-refractivity contribution is 0.408. The van der Waals surface area contributed by atoms with E-state index in [4.69, 9.17) is 10.5 Å². The van der Waals surface area contributed by atoms with Gasteiger partial charge in [-0.05, 0) is 18.2 Å². The summed E-state index contributed by atoms with van der Waals surface area (Å²) in [6.45, 7) is 0.526. The molecule has 0 aliphatic rings. The fraction of sp³-hybridized carbons (Fsp3) is 0.133. The highest BCUT2D eigenvalue weighted by molar-refractivity contribution is 5.78. The molecular weight excluding hydrogens is 257 g/mol. The van der Waals surface area contributed by atoms with Gasteiger partial charge in [-0.15, -0.1) is 0 Å². The van der Waals surface area contributed by atoms with E-state index in [1.54, 1.807) is 13.2 Å². The summed E-state index contributed by atoms with van der Waals surface area (Å²) < 4.78 is 20.4. The lowest BCUT2D eigenvalue weighted by Crippen LogP contribution is -2.05. The number of imidazole rings is 1. The molecule has 0 saturated heterocycles. The van der Waals surface area contributed by atoms with Crippen LogP contribution in [-0.4, -0.2) is 16.7 Å². The molecule has 2 N–H and O–H groups in total. The van der Waals surface area contributed by atoms with Gasteiger partial charge in [0.25, 0.3) is 0 Å². The molecule has 1 aromatic heterocycles. The third-order valence-electron chi connectivity index (χ3n) is 3.26. The molecule has 0 bridgehead atoms. The maximum Gasteiger partial charge on any atom is 0.201 e. The van der Waals surface area contributed by atoms with E-state index in [9.17, 15) is 4.39 Å². The molecule has 3 aromatic rings. The summed E-state index contributed by atoms with van der Waals surface area (Å²) in [5, 5.41) is 0. The molecular formula is C15H14FN3O. The minimum atomic E-state index is -0.320. The molecule has 0 saturated carbocycles. The van der Waals surface area contributed by atoms with Gasteiger partial charge < -0.3 is 15.0 Å². The molecule has 0 spiro atoms. The Balaban J connectivity index is 2.08. The number of halogens is 1. The molecule has 0 atom stereocenters. The molecule has 0 amide bonds. The van der Waals surface area contributed by atoms with Gasteiger partial charge in [-0.1, -0.05) is 18.2 Å². The van der Waals surface area contributed by atoms with Crippen molar-refractivity contribution in [3.8, 4) is 5.75 Å². The van der Waals surface area contributed by atoms with Crippen LogP contribution in [0.1, 0.15) is 5.56 Å². The van der Waals surface area contributed by atoms with Crippen LogP contribution in [0.15, 0.2) is 42.5 Å². The monoisotopic (exact) mass is 271 g/mol. The lowest BCUT2D eigenvalue weighted by atomic mass is 10.2. The fourth-order valence-electron chi connectivity index (χ4n) is 2.29. The number of hydrogen-bond donors (Lipinski definition) is 1. The van der Waals surface area contributed by atoms with Crippen molar-refractivity contribution in [2.24, 2.45) is 0 Å². The smallest absolute Gasteiger partial charge is 0.201 e. The van der Waals surface area contributed by atoms with Crippen LogP contribution in [0.5, 0.6) is 5.75 Å². The molecule has 2 aromatic carbocycles. The Kier molecular flexibility index (Phi) is 3.02. The number of nitrogen functional groups attached to an aromatic ring is 1. The molecule has 0 fully saturated rings. The van der Waals surface area contributed by atoms with Crippen molar-refractivity contribution < 1.29 is 9.13 Å². The van der Waals surface area contributed by atoms with Crippen LogP contribution in [0.2, 0.25) is 0 Å². The second-order valence-corrected chi connectivity index (χ2v) is 4.50. The average Bonchev–Trinajstić information content (AvgIpc) is 2.75. The van der Waals surface area contributed by atoms with E-state index in [-0.39, 0.29) is 5.82 Å². The number of para-hydroxylation sites is 1. The van der Waals surface area contributed by atoms with E-state index in [2.05, 4.69) is 4.98 Å². The summed E-state index contributed by atoms with van der Waals surface area (Å²) >= 11 is 0. The van der Waals surface area contributed by atoms with Gasteiger partial charge in [0, 0.05) is 11.6 Å². The Hall–Kier alpha value is -2.56. The zero-order valence-electron chi connectivity index (χ0n) is 11.0. The number of methoxy groups -OCH3 is 1. The van der Waals surface area contributed by atoms with E-state index >= 15 is 0 Å². The number of anilines is 1. The van der Waals surface area contributed by atoms with Gasteiger partial charge in [0.15, 0.2) is 0 Å². The Morgan fingerprint density at radius 3 is 2.85 bits per heavy atom. The number of benzene rings is 2. The van der Waals surface area contributed by atoms with Crippen LogP contribution in [-0.2, 0) is 6.54 Å². The van der Waals surface area contributed by atoms with E-state index < -0.39 is 0 Å². The first-order valence-electron chi connectivity index (χ1n) is 6.22. The first-order valence-corrected chi connectivity index (χ1v) is 6.22. The first kappa shape index (κ1) is 12.5. The third-order valence-corrected chi connectivity index (χ3v) is 3.26. The number of ether oxygens (including phenoxy) is 1. The number of aromatic nitrogens is 2. The molecule has 0 radical (unpaired) electrons. The number of nitrogens with zero attached hydrogens (tertiary/aromatic N) is 2. The Labute approximate surface area is 115 Å². The normalized spacial score (nSPS) is 10.9. The van der Waals surface area contributed by atoms with E-state index in [0.717, 1.165) is 16.8 Å². The lowest BCUT2D eigenvalue weighted by Gasteiger charge is -2.10. The van der Waals surface area contributed by atoms with Crippen molar-refractivity contribution >= 4 is 17.0 Å². The standard InChI is InChI=1S/C15H14FN3O/c1-20-14-5-3-2-4-10(14)9-19-13-7-6-11(16)8-12(13)18-15(19)17/h2-8H,9H2,1H3,(H2,17,18). The molecule has 3 rings (SSSR count). The summed E-state index contributed by atoms with van der Waals surface area (Å²) in [7, 11) is 1.63. The molecule has 0 aliphatic heterocycles. The van der Waals surface area contributed by atoms with Gasteiger partial charge in [0.1, 0.15) is 11.6 Å². The van der Waals surface area contributed by atoms with Gasteiger partial charge in [0.2, 0.25) is 5.95 Å². The van der Waals surface area contributed by atoms with Crippen molar-refractivity contribution in [3.63, 3.8) is 0 Å². The largest absolute Gasteiger partial charge is 0.496 e. The first-order chi connectivity index (χ1) is 9.69. The summed E-state index contributed by atoms with van der Waals surface area (Å²) in [6.07, 6.45) is 0. The molecule has 20 heavy (non-hydrogen) atoms.